The lowest BCUT2D eigenvalue weighted by atomic mass is 10.0. The third-order valence-corrected chi connectivity index (χ3v) is 4.90. The highest BCUT2D eigenvalue weighted by Crippen LogP contribution is 2.24. The Morgan fingerprint density at radius 2 is 1.93 bits per heavy atom. The van der Waals surface area contributed by atoms with Crippen molar-refractivity contribution in [2.24, 2.45) is 0 Å². The van der Waals surface area contributed by atoms with Gasteiger partial charge in [-0.1, -0.05) is 40.2 Å². The molecule has 1 amide bonds. The molecule has 0 fully saturated rings. The summed E-state index contributed by atoms with van der Waals surface area (Å²) in [4.78, 5) is 24.4. The van der Waals surface area contributed by atoms with Crippen molar-refractivity contribution in [1.82, 2.24) is 5.32 Å². The van der Waals surface area contributed by atoms with E-state index < -0.39 is 6.04 Å². The summed E-state index contributed by atoms with van der Waals surface area (Å²) in [5.41, 5.74) is 3.51. The molecule has 0 aliphatic carbocycles. The van der Waals surface area contributed by atoms with E-state index in [0.29, 0.717) is 0 Å². The first kappa shape index (κ1) is 19.2. The molecule has 140 valence electrons. The number of aryl methyl sites for hydroxylation is 1. The van der Waals surface area contributed by atoms with Crippen LogP contribution in [0.4, 0.5) is 0 Å². The van der Waals surface area contributed by atoms with Crippen molar-refractivity contribution in [1.29, 1.82) is 0 Å². The van der Waals surface area contributed by atoms with Gasteiger partial charge in [-0.05, 0) is 36.2 Å². The third kappa shape index (κ3) is 4.77. The number of hydrogen-bond acceptors (Lipinski definition) is 4. The monoisotopic (exact) mass is 429 g/mol. The first-order chi connectivity index (χ1) is 13.0. The molecule has 0 saturated carbocycles. The lowest BCUT2D eigenvalue weighted by Gasteiger charge is -2.18. The third-order valence-electron chi connectivity index (χ3n) is 4.37. The van der Waals surface area contributed by atoms with Crippen molar-refractivity contribution < 1.29 is 18.7 Å². The number of furan rings is 1. The molecule has 2 aromatic carbocycles. The van der Waals surface area contributed by atoms with E-state index in [0.717, 1.165) is 32.1 Å². The molecule has 0 saturated heterocycles. The standard InChI is InChI=1S/C21H20BrNO4/c1-13-3-8-17-15(12-27-19(17)9-13)10-20(24)23-18(11-21(25)26-2)14-4-6-16(22)7-5-14/h3-9,12,18H,10-11H2,1-2H3,(H,23,24). The molecule has 1 heterocycles. The van der Waals surface area contributed by atoms with E-state index in [-0.39, 0.29) is 24.7 Å². The summed E-state index contributed by atoms with van der Waals surface area (Å²) < 4.78 is 11.2. The van der Waals surface area contributed by atoms with Crippen molar-refractivity contribution >= 4 is 38.8 Å². The van der Waals surface area contributed by atoms with E-state index in [1.807, 2.05) is 49.4 Å². The molecule has 1 aromatic heterocycles. The summed E-state index contributed by atoms with van der Waals surface area (Å²) in [6, 6.07) is 12.9. The second-order valence-electron chi connectivity index (χ2n) is 6.39. The Morgan fingerprint density at radius 1 is 1.19 bits per heavy atom. The summed E-state index contributed by atoms with van der Waals surface area (Å²) in [5, 5.41) is 3.86. The van der Waals surface area contributed by atoms with Crippen LogP contribution >= 0.6 is 15.9 Å². The van der Waals surface area contributed by atoms with Crippen LogP contribution in [0.2, 0.25) is 0 Å². The molecule has 0 aliphatic heterocycles. The van der Waals surface area contributed by atoms with Crippen LogP contribution in [0.3, 0.4) is 0 Å². The number of carbonyl (C=O) groups is 2. The smallest absolute Gasteiger partial charge is 0.307 e. The van der Waals surface area contributed by atoms with Crippen LogP contribution in [0.25, 0.3) is 11.0 Å². The van der Waals surface area contributed by atoms with Crippen LogP contribution in [0, 0.1) is 6.92 Å². The Morgan fingerprint density at radius 3 is 2.63 bits per heavy atom. The summed E-state index contributed by atoms with van der Waals surface area (Å²) in [7, 11) is 1.34. The lowest BCUT2D eigenvalue weighted by Crippen LogP contribution is -2.31. The molecule has 6 heteroatoms. The molecule has 1 N–H and O–H groups in total. The van der Waals surface area contributed by atoms with E-state index >= 15 is 0 Å². The van der Waals surface area contributed by atoms with Crippen molar-refractivity contribution in [3.8, 4) is 0 Å². The van der Waals surface area contributed by atoms with Gasteiger partial charge in [-0.3, -0.25) is 9.59 Å². The summed E-state index contributed by atoms with van der Waals surface area (Å²) in [5.74, 6) is -0.567. The van der Waals surface area contributed by atoms with Crippen molar-refractivity contribution in [2.75, 3.05) is 7.11 Å². The van der Waals surface area contributed by atoms with Gasteiger partial charge in [-0.2, -0.15) is 0 Å². The zero-order chi connectivity index (χ0) is 19.4. The number of fused-ring (bicyclic) bond motifs is 1. The number of halogens is 1. The molecule has 0 aliphatic rings. The molecule has 3 rings (SSSR count). The number of benzene rings is 2. The maximum absolute atomic E-state index is 12.6. The van der Waals surface area contributed by atoms with Crippen LogP contribution < -0.4 is 5.32 Å². The fourth-order valence-corrected chi connectivity index (χ4v) is 3.21. The highest BCUT2D eigenvalue weighted by molar-refractivity contribution is 9.10. The number of hydrogen-bond donors (Lipinski definition) is 1. The van der Waals surface area contributed by atoms with E-state index in [1.54, 1.807) is 6.26 Å². The number of carbonyl (C=O) groups excluding carboxylic acids is 2. The van der Waals surface area contributed by atoms with E-state index in [4.69, 9.17) is 9.15 Å². The SMILES string of the molecule is COC(=O)CC(NC(=O)Cc1coc2cc(C)ccc12)c1ccc(Br)cc1. The first-order valence-electron chi connectivity index (χ1n) is 8.54. The van der Waals surface area contributed by atoms with Crippen LogP contribution in [-0.4, -0.2) is 19.0 Å². The minimum atomic E-state index is -0.460. The number of rotatable bonds is 6. The number of amides is 1. The predicted octanol–water partition coefficient (Wildman–Crippen LogP) is 4.47. The van der Waals surface area contributed by atoms with Gasteiger partial charge < -0.3 is 14.5 Å². The molecular weight excluding hydrogens is 410 g/mol. The fraction of sp³-hybridized carbons (Fsp3) is 0.238. The molecule has 0 radical (unpaired) electrons. The fourth-order valence-electron chi connectivity index (χ4n) is 2.94. The Labute approximate surface area is 165 Å². The van der Waals surface area contributed by atoms with Crippen molar-refractivity contribution in [2.45, 2.75) is 25.8 Å². The van der Waals surface area contributed by atoms with Crippen molar-refractivity contribution in [3.05, 3.63) is 69.9 Å². The average Bonchev–Trinajstić information content (AvgIpc) is 3.03. The van der Waals surface area contributed by atoms with Gasteiger partial charge in [0.2, 0.25) is 5.91 Å². The molecule has 1 atom stereocenters. The second-order valence-corrected chi connectivity index (χ2v) is 7.30. The van der Waals surface area contributed by atoms with E-state index in [2.05, 4.69) is 21.2 Å². The van der Waals surface area contributed by atoms with Gasteiger partial charge in [0.1, 0.15) is 5.58 Å². The van der Waals surface area contributed by atoms with Crippen LogP contribution in [0.1, 0.15) is 29.2 Å². The Bertz CT molecular complexity index is 962. The molecule has 0 bridgehead atoms. The summed E-state index contributed by atoms with van der Waals surface area (Å²) >= 11 is 3.39. The number of methoxy groups -OCH3 is 1. The van der Waals surface area contributed by atoms with Crippen LogP contribution in [0.5, 0.6) is 0 Å². The van der Waals surface area contributed by atoms with E-state index in [1.165, 1.54) is 7.11 Å². The zero-order valence-corrected chi connectivity index (χ0v) is 16.7. The van der Waals surface area contributed by atoms with Gasteiger partial charge in [-0.15, -0.1) is 0 Å². The lowest BCUT2D eigenvalue weighted by molar-refractivity contribution is -0.141. The molecule has 0 spiro atoms. The van der Waals surface area contributed by atoms with E-state index in [9.17, 15) is 9.59 Å². The summed E-state index contributed by atoms with van der Waals surface area (Å²) in [6.07, 6.45) is 1.85. The molecule has 3 aromatic rings. The largest absolute Gasteiger partial charge is 0.469 e. The van der Waals surface area contributed by atoms with Gasteiger partial charge in [0.05, 0.1) is 32.3 Å². The van der Waals surface area contributed by atoms with Gasteiger partial charge in [0.15, 0.2) is 0 Å². The first-order valence-corrected chi connectivity index (χ1v) is 9.34. The Hall–Kier alpha value is -2.60. The minimum absolute atomic E-state index is 0.0647. The topological polar surface area (TPSA) is 68.5 Å². The Balaban J connectivity index is 1.76. The molecular formula is C21H20BrNO4. The van der Waals surface area contributed by atoms with Gasteiger partial charge >= 0.3 is 5.97 Å². The van der Waals surface area contributed by atoms with Gasteiger partial charge in [0.25, 0.3) is 0 Å². The number of nitrogens with one attached hydrogen (secondary N) is 1. The Kier molecular flexibility index (Phi) is 5.96. The maximum Gasteiger partial charge on any atom is 0.307 e. The van der Waals surface area contributed by atoms with Crippen LogP contribution in [0.15, 0.2) is 57.6 Å². The van der Waals surface area contributed by atoms with Gasteiger partial charge in [-0.25, -0.2) is 0 Å². The molecule has 27 heavy (non-hydrogen) atoms. The average molecular weight is 430 g/mol. The van der Waals surface area contributed by atoms with Gasteiger partial charge in [0, 0.05) is 15.4 Å². The predicted molar refractivity (Wildman–Crippen MR) is 106 cm³/mol. The maximum atomic E-state index is 12.6. The molecule has 5 nitrogen and oxygen atoms in total. The zero-order valence-electron chi connectivity index (χ0n) is 15.1. The highest BCUT2D eigenvalue weighted by atomic mass is 79.9. The number of ether oxygens (including phenoxy) is 1. The normalized spacial score (nSPS) is 12.0. The summed E-state index contributed by atoms with van der Waals surface area (Å²) in [6.45, 7) is 1.99. The minimum Gasteiger partial charge on any atom is -0.469 e. The second kappa shape index (κ2) is 8.39. The van der Waals surface area contributed by atoms with Crippen molar-refractivity contribution in [3.63, 3.8) is 0 Å². The quantitative estimate of drug-likeness (QED) is 0.586. The number of esters is 1. The van der Waals surface area contributed by atoms with Crippen LogP contribution in [-0.2, 0) is 20.7 Å². The highest BCUT2D eigenvalue weighted by Gasteiger charge is 2.20. The molecule has 1 unspecified atom stereocenters.